The summed E-state index contributed by atoms with van der Waals surface area (Å²) >= 11 is 0. The van der Waals surface area contributed by atoms with E-state index in [1.54, 1.807) is 0 Å². The molecule has 1 aliphatic heterocycles. The summed E-state index contributed by atoms with van der Waals surface area (Å²) in [4.78, 5) is 31.3. The van der Waals surface area contributed by atoms with Crippen molar-refractivity contribution in [3.63, 3.8) is 0 Å². The maximum atomic E-state index is 12.7. The molecule has 0 aromatic carbocycles. The number of likely N-dealkylation sites (tertiary alicyclic amines) is 1. The molecule has 5 heteroatoms. The third-order valence-electron chi connectivity index (χ3n) is 6.81. The second kappa shape index (κ2) is 8.46. The van der Waals surface area contributed by atoms with Crippen LogP contribution in [0.1, 0.15) is 56.9 Å². The van der Waals surface area contributed by atoms with Crippen molar-refractivity contribution in [3.05, 3.63) is 41.7 Å². The van der Waals surface area contributed by atoms with E-state index >= 15 is 0 Å². The van der Waals surface area contributed by atoms with Crippen LogP contribution < -0.4 is 5.32 Å². The number of allylic oxidation sites excluding steroid dienone is 1. The molecule has 4 rings (SSSR count). The lowest BCUT2D eigenvalue weighted by atomic mass is 9.89. The van der Waals surface area contributed by atoms with Crippen LogP contribution in [0.4, 0.5) is 0 Å². The van der Waals surface area contributed by atoms with Gasteiger partial charge in [0.2, 0.25) is 11.8 Å². The zero-order valence-corrected chi connectivity index (χ0v) is 16.7. The highest BCUT2D eigenvalue weighted by atomic mass is 16.2. The summed E-state index contributed by atoms with van der Waals surface area (Å²) in [5.41, 5.74) is 2.44. The Morgan fingerprint density at radius 3 is 2.68 bits per heavy atom. The van der Waals surface area contributed by atoms with Gasteiger partial charge in [-0.3, -0.25) is 14.6 Å². The molecule has 2 heterocycles. The second-order valence-corrected chi connectivity index (χ2v) is 8.64. The van der Waals surface area contributed by atoms with Crippen LogP contribution in [0.5, 0.6) is 0 Å². The van der Waals surface area contributed by atoms with E-state index in [9.17, 15) is 9.59 Å². The molecule has 1 saturated carbocycles. The Morgan fingerprint density at radius 2 is 1.96 bits per heavy atom. The Morgan fingerprint density at radius 1 is 1.18 bits per heavy atom. The summed E-state index contributed by atoms with van der Waals surface area (Å²) < 4.78 is 0. The summed E-state index contributed by atoms with van der Waals surface area (Å²) in [6.07, 6.45) is 14.9. The molecule has 28 heavy (non-hydrogen) atoms. The highest BCUT2D eigenvalue weighted by Crippen LogP contribution is 2.59. The minimum atomic E-state index is 0.152. The maximum absolute atomic E-state index is 12.7. The molecule has 0 radical (unpaired) electrons. The van der Waals surface area contributed by atoms with Gasteiger partial charge in [0, 0.05) is 43.5 Å². The third-order valence-corrected chi connectivity index (χ3v) is 6.81. The number of rotatable bonds is 6. The van der Waals surface area contributed by atoms with Gasteiger partial charge in [-0.05, 0) is 80.9 Å². The molecular weight excluding hydrogens is 350 g/mol. The number of pyridine rings is 1. The van der Waals surface area contributed by atoms with Crippen LogP contribution in [0.25, 0.3) is 0 Å². The van der Waals surface area contributed by atoms with E-state index in [1.165, 1.54) is 12.0 Å². The largest absolute Gasteiger partial charge is 0.356 e. The summed E-state index contributed by atoms with van der Waals surface area (Å²) in [7, 11) is 0. The highest BCUT2D eigenvalue weighted by Gasteiger charge is 2.58. The second-order valence-electron chi connectivity index (χ2n) is 8.64. The number of nitrogens with zero attached hydrogens (tertiary/aromatic N) is 2. The first kappa shape index (κ1) is 19.2. The van der Waals surface area contributed by atoms with E-state index in [0.29, 0.717) is 0 Å². The van der Waals surface area contributed by atoms with Gasteiger partial charge in [0.1, 0.15) is 0 Å². The zero-order chi connectivity index (χ0) is 19.4. The fourth-order valence-corrected chi connectivity index (χ4v) is 4.84. The van der Waals surface area contributed by atoms with Crippen LogP contribution in [0, 0.1) is 11.3 Å². The minimum Gasteiger partial charge on any atom is -0.356 e. The SMILES string of the molecule is O=C(NCCCc1ccncc1)[C@H]1CC12CCN(C(=O)C1=CCCCC1)CC2. The Balaban J connectivity index is 1.18. The van der Waals surface area contributed by atoms with E-state index < -0.39 is 0 Å². The summed E-state index contributed by atoms with van der Waals surface area (Å²) in [5, 5.41) is 3.13. The molecule has 1 N–H and O–H groups in total. The molecular formula is C23H31N3O2. The van der Waals surface area contributed by atoms with Gasteiger partial charge in [0.25, 0.3) is 0 Å². The molecule has 0 bridgehead atoms. The van der Waals surface area contributed by atoms with Crippen LogP contribution in [0.15, 0.2) is 36.2 Å². The van der Waals surface area contributed by atoms with Crippen molar-refractivity contribution in [1.29, 1.82) is 0 Å². The Kier molecular flexibility index (Phi) is 5.79. The van der Waals surface area contributed by atoms with Crippen LogP contribution in [0.3, 0.4) is 0 Å². The number of piperidine rings is 1. The van der Waals surface area contributed by atoms with Gasteiger partial charge >= 0.3 is 0 Å². The molecule has 150 valence electrons. The topological polar surface area (TPSA) is 62.3 Å². The molecule has 2 amide bonds. The van der Waals surface area contributed by atoms with Crippen LogP contribution in [-0.4, -0.2) is 41.3 Å². The molecule has 0 unspecified atom stereocenters. The lowest BCUT2D eigenvalue weighted by Gasteiger charge is -2.34. The normalized spacial score (nSPS) is 23.2. The van der Waals surface area contributed by atoms with Crippen molar-refractivity contribution < 1.29 is 9.59 Å². The molecule has 5 nitrogen and oxygen atoms in total. The number of carbonyl (C=O) groups excluding carboxylic acids is 2. The zero-order valence-electron chi connectivity index (χ0n) is 16.7. The van der Waals surface area contributed by atoms with Crippen LogP contribution in [-0.2, 0) is 16.0 Å². The van der Waals surface area contributed by atoms with Crippen molar-refractivity contribution >= 4 is 11.8 Å². The van der Waals surface area contributed by atoms with E-state index in [1.807, 2.05) is 29.4 Å². The van der Waals surface area contributed by atoms with Gasteiger partial charge in [0.15, 0.2) is 0 Å². The van der Waals surface area contributed by atoms with E-state index in [2.05, 4.69) is 16.4 Å². The van der Waals surface area contributed by atoms with E-state index in [0.717, 1.165) is 76.6 Å². The van der Waals surface area contributed by atoms with E-state index in [4.69, 9.17) is 0 Å². The number of carbonyl (C=O) groups is 2. The Hall–Kier alpha value is -2.17. The molecule has 2 fully saturated rings. The first-order valence-corrected chi connectivity index (χ1v) is 10.8. The summed E-state index contributed by atoms with van der Waals surface area (Å²) in [5.74, 6) is 0.608. The fraction of sp³-hybridized carbons (Fsp3) is 0.609. The predicted molar refractivity (Wildman–Crippen MR) is 108 cm³/mol. The number of hydrogen-bond donors (Lipinski definition) is 1. The molecule has 2 aliphatic carbocycles. The van der Waals surface area contributed by atoms with Gasteiger partial charge < -0.3 is 10.2 Å². The number of nitrogens with one attached hydrogen (secondary N) is 1. The van der Waals surface area contributed by atoms with Gasteiger partial charge in [-0.15, -0.1) is 0 Å². The molecule has 3 aliphatic rings. The van der Waals surface area contributed by atoms with Crippen molar-refractivity contribution in [2.75, 3.05) is 19.6 Å². The average molecular weight is 382 g/mol. The third kappa shape index (κ3) is 4.29. The predicted octanol–water partition coefficient (Wildman–Crippen LogP) is 3.26. The molecule has 1 atom stereocenters. The smallest absolute Gasteiger partial charge is 0.249 e. The molecule has 1 aromatic heterocycles. The highest BCUT2D eigenvalue weighted by molar-refractivity contribution is 5.93. The van der Waals surface area contributed by atoms with Crippen molar-refractivity contribution in [2.45, 2.75) is 57.8 Å². The lowest BCUT2D eigenvalue weighted by Crippen LogP contribution is -2.41. The van der Waals surface area contributed by atoms with Crippen molar-refractivity contribution in [1.82, 2.24) is 15.2 Å². The maximum Gasteiger partial charge on any atom is 0.249 e. The van der Waals surface area contributed by atoms with Crippen molar-refractivity contribution in [3.8, 4) is 0 Å². The standard InChI is InChI=1S/C23H31N3O2/c27-21(25-12-4-5-18-8-13-24-14-9-18)20-17-23(20)10-15-26(16-11-23)22(28)19-6-2-1-3-7-19/h6,8-9,13-14,20H,1-5,7,10-12,15-17H2,(H,25,27)/t20-/m1/s1. The quantitative estimate of drug-likeness (QED) is 0.770. The minimum absolute atomic E-state index is 0.152. The number of aryl methyl sites for hydroxylation is 1. The van der Waals surface area contributed by atoms with Gasteiger partial charge in [-0.2, -0.15) is 0 Å². The van der Waals surface area contributed by atoms with E-state index in [-0.39, 0.29) is 23.1 Å². The van der Waals surface area contributed by atoms with Crippen molar-refractivity contribution in [2.24, 2.45) is 11.3 Å². The van der Waals surface area contributed by atoms with Gasteiger partial charge in [-0.25, -0.2) is 0 Å². The van der Waals surface area contributed by atoms with Gasteiger partial charge in [-0.1, -0.05) is 6.08 Å². The first-order chi connectivity index (χ1) is 13.7. The fourth-order valence-electron chi connectivity index (χ4n) is 4.84. The number of hydrogen-bond acceptors (Lipinski definition) is 3. The number of aromatic nitrogens is 1. The first-order valence-electron chi connectivity index (χ1n) is 10.8. The summed E-state index contributed by atoms with van der Waals surface area (Å²) in [6, 6.07) is 4.05. The van der Waals surface area contributed by atoms with Crippen LogP contribution in [0.2, 0.25) is 0 Å². The summed E-state index contributed by atoms with van der Waals surface area (Å²) in [6.45, 7) is 2.34. The average Bonchev–Trinajstić information content (AvgIpc) is 3.46. The monoisotopic (exact) mass is 381 g/mol. The molecule has 1 aromatic rings. The van der Waals surface area contributed by atoms with Gasteiger partial charge in [0.05, 0.1) is 0 Å². The molecule has 1 spiro atoms. The Labute approximate surface area is 167 Å². The number of amides is 2. The Bertz CT molecular complexity index is 735. The van der Waals surface area contributed by atoms with Crippen LogP contribution >= 0.6 is 0 Å². The molecule has 1 saturated heterocycles. The lowest BCUT2D eigenvalue weighted by molar-refractivity contribution is -0.129.